The van der Waals surface area contributed by atoms with Crippen molar-refractivity contribution in [3.63, 3.8) is 0 Å². The summed E-state index contributed by atoms with van der Waals surface area (Å²) in [6.07, 6.45) is 4.50. The predicted octanol–water partition coefficient (Wildman–Crippen LogP) is 3.04. The molecule has 1 aliphatic heterocycles. The maximum Gasteiger partial charge on any atom is 0.270 e. The lowest BCUT2D eigenvalue weighted by Gasteiger charge is -2.32. The number of piperidine rings is 1. The molecule has 2 aromatic rings. The zero-order valence-electron chi connectivity index (χ0n) is 14.2. The van der Waals surface area contributed by atoms with E-state index in [0.717, 1.165) is 44.5 Å². The molecule has 1 aromatic carbocycles. The van der Waals surface area contributed by atoms with Crippen LogP contribution in [0.4, 0.5) is 0 Å². The second-order valence-corrected chi connectivity index (χ2v) is 6.37. The maximum atomic E-state index is 12.5. The van der Waals surface area contributed by atoms with E-state index in [1.807, 2.05) is 18.2 Å². The van der Waals surface area contributed by atoms with E-state index in [-0.39, 0.29) is 11.9 Å². The van der Waals surface area contributed by atoms with Gasteiger partial charge in [0.15, 0.2) is 0 Å². The minimum atomic E-state index is -0.0334. The second kappa shape index (κ2) is 8.06. The molecule has 2 heterocycles. The highest BCUT2D eigenvalue weighted by Crippen LogP contribution is 2.15. The summed E-state index contributed by atoms with van der Waals surface area (Å²) in [4.78, 5) is 19.2. The molecule has 1 fully saturated rings. The molecule has 0 spiro atoms. The lowest BCUT2D eigenvalue weighted by Crippen LogP contribution is -2.44. The van der Waals surface area contributed by atoms with Gasteiger partial charge in [-0.25, -0.2) is 0 Å². The molecule has 3 rings (SSSR count). The number of likely N-dealkylation sites (tertiary alicyclic amines) is 1. The first kappa shape index (κ1) is 16.7. The summed E-state index contributed by atoms with van der Waals surface area (Å²) in [6, 6.07) is 14.7. The number of nitrogens with one attached hydrogen (secondary N) is 1. The molecule has 1 saturated heterocycles. The first-order chi connectivity index (χ1) is 11.8. The number of hydrogen-bond acceptors (Lipinski definition) is 3. The van der Waals surface area contributed by atoms with Crippen LogP contribution in [0.15, 0.2) is 48.7 Å². The summed E-state index contributed by atoms with van der Waals surface area (Å²) in [5.74, 6) is -0.0334. The van der Waals surface area contributed by atoms with Crippen LogP contribution < -0.4 is 5.32 Å². The van der Waals surface area contributed by atoms with E-state index in [1.165, 1.54) is 5.56 Å². The average Bonchev–Trinajstić information content (AvgIpc) is 2.64. The number of carbonyl (C=O) groups is 1. The van der Waals surface area contributed by atoms with Gasteiger partial charge >= 0.3 is 0 Å². The van der Waals surface area contributed by atoms with Crippen LogP contribution in [0.3, 0.4) is 0 Å². The van der Waals surface area contributed by atoms with Gasteiger partial charge in [-0.15, -0.1) is 0 Å². The Morgan fingerprint density at radius 3 is 2.62 bits per heavy atom. The Morgan fingerprint density at radius 1 is 1.17 bits per heavy atom. The first-order valence-corrected chi connectivity index (χ1v) is 8.77. The number of hydrogen-bond donors (Lipinski definition) is 1. The van der Waals surface area contributed by atoms with Crippen molar-refractivity contribution < 1.29 is 4.79 Å². The van der Waals surface area contributed by atoms with E-state index in [4.69, 9.17) is 0 Å². The van der Waals surface area contributed by atoms with Crippen molar-refractivity contribution in [2.24, 2.45) is 0 Å². The van der Waals surface area contributed by atoms with E-state index in [2.05, 4.69) is 46.4 Å². The number of aryl methyl sites for hydroxylation is 1. The third-order valence-electron chi connectivity index (χ3n) is 4.66. The molecule has 24 heavy (non-hydrogen) atoms. The van der Waals surface area contributed by atoms with Crippen LogP contribution in [0.25, 0.3) is 0 Å². The monoisotopic (exact) mass is 323 g/mol. The minimum absolute atomic E-state index is 0.0334. The first-order valence-electron chi connectivity index (χ1n) is 8.77. The van der Waals surface area contributed by atoms with Crippen molar-refractivity contribution in [1.82, 2.24) is 15.2 Å². The van der Waals surface area contributed by atoms with Crippen LogP contribution >= 0.6 is 0 Å². The van der Waals surface area contributed by atoms with Crippen molar-refractivity contribution in [1.29, 1.82) is 0 Å². The van der Waals surface area contributed by atoms with Crippen molar-refractivity contribution in [2.45, 2.75) is 38.8 Å². The van der Waals surface area contributed by atoms with Crippen LogP contribution in [-0.4, -0.2) is 34.9 Å². The fourth-order valence-corrected chi connectivity index (χ4v) is 3.26. The number of amides is 1. The van der Waals surface area contributed by atoms with Gasteiger partial charge < -0.3 is 5.32 Å². The smallest absolute Gasteiger partial charge is 0.270 e. The lowest BCUT2D eigenvalue weighted by atomic mass is 10.0. The van der Waals surface area contributed by atoms with Crippen LogP contribution in [-0.2, 0) is 13.0 Å². The topological polar surface area (TPSA) is 45.2 Å². The molecule has 0 atom stereocenters. The Hall–Kier alpha value is -2.20. The van der Waals surface area contributed by atoms with Gasteiger partial charge in [0.2, 0.25) is 0 Å². The molecular formula is C20H25N3O. The number of nitrogens with zero attached hydrogens (tertiary/aromatic N) is 2. The Labute approximate surface area is 143 Å². The van der Waals surface area contributed by atoms with E-state index < -0.39 is 0 Å². The van der Waals surface area contributed by atoms with E-state index in [1.54, 1.807) is 6.20 Å². The number of benzene rings is 1. The molecule has 0 radical (unpaired) electrons. The van der Waals surface area contributed by atoms with Gasteiger partial charge in [-0.05, 0) is 36.5 Å². The summed E-state index contributed by atoms with van der Waals surface area (Å²) in [5, 5.41) is 3.17. The normalized spacial score (nSPS) is 16.0. The molecule has 0 saturated carbocycles. The van der Waals surface area contributed by atoms with Gasteiger partial charge in [-0.1, -0.05) is 43.3 Å². The van der Waals surface area contributed by atoms with Gasteiger partial charge in [0.1, 0.15) is 5.69 Å². The Morgan fingerprint density at radius 2 is 1.92 bits per heavy atom. The predicted molar refractivity (Wildman–Crippen MR) is 95.8 cm³/mol. The van der Waals surface area contributed by atoms with Crippen LogP contribution in [0.5, 0.6) is 0 Å². The summed E-state index contributed by atoms with van der Waals surface area (Å²) >= 11 is 0. The van der Waals surface area contributed by atoms with Gasteiger partial charge in [-0.3, -0.25) is 14.7 Å². The Bertz CT molecular complexity index is 664. The fraction of sp³-hybridized carbons (Fsp3) is 0.400. The van der Waals surface area contributed by atoms with Gasteiger partial charge in [-0.2, -0.15) is 0 Å². The van der Waals surface area contributed by atoms with E-state index in [0.29, 0.717) is 5.69 Å². The third kappa shape index (κ3) is 4.20. The highest BCUT2D eigenvalue weighted by atomic mass is 16.1. The molecule has 0 aliphatic carbocycles. The van der Waals surface area contributed by atoms with Crippen LogP contribution in [0, 0.1) is 0 Å². The van der Waals surface area contributed by atoms with Gasteiger partial charge in [0.25, 0.3) is 5.91 Å². The second-order valence-electron chi connectivity index (χ2n) is 6.37. The summed E-state index contributed by atoms with van der Waals surface area (Å²) < 4.78 is 0. The van der Waals surface area contributed by atoms with E-state index in [9.17, 15) is 4.79 Å². The number of aromatic nitrogens is 1. The quantitative estimate of drug-likeness (QED) is 0.920. The van der Waals surface area contributed by atoms with Crippen molar-refractivity contribution in [2.75, 3.05) is 13.1 Å². The number of carbonyl (C=O) groups excluding carboxylic acids is 1. The van der Waals surface area contributed by atoms with E-state index >= 15 is 0 Å². The number of pyridine rings is 1. The van der Waals surface area contributed by atoms with Crippen molar-refractivity contribution >= 4 is 5.91 Å². The molecule has 1 N–H and O–H groups in total. The van der Waals surface area contributed by atoms with Gasteiger partial charge in [0.05, 0.1) is 0 Å². The third-order valence-corrected chi connectivity index (χ3v) is 4.66. The van der Waals surface area contributed by atoms with Gasteiger partial charge in [0, 0.05) is 31.9 Å². The zero-order chi connectivity index (χ0) is 16.8. The minimum Gasteiger partial charge on any atom is -0.348 e. The molecule has 4 nitrogen and oxygen atoms in total. The summed E-state index contributed by atoms with van der Waals surface area (Å²) in [5.41, 5.74) is 2.93. The molecule has 1 aromatic heterocycles. The molecule has 0 unspecified atom stereocenters. The highest BCUT2D eigenvalue weighted by Gasteiger charge is 2.22. The molecular weight excluding hydrogens is 298 g/mol. The molecule has 4 heteroatoms. The zero-order valence-corrected chi connectivity index (χ0v) is 14.2. The maximum absolute atomic E-state index is 12.5. The summed E-state index contributed by atoms with van der Waals surface area (Å²) in [7, 11) is 0. The van der Waals surface area contributed by atoms with Crippen LogP contribution in [0.1, 0.15) is 41.4 Å². The van der Waals surface area contributed by atoms with Crippen molar-refractivity contribution in [3.8, 4) is 0 Å². The lowest BCUT2D eigenvalue weighted by molar-refractivity contribution is 0.0903. The van der Waals surface area contributed by atoms with Crippen LogP contribution in [0.2, 0.25) is 0 Å². The number of rotatable bonds is 5. The Kier molecular flexibility index (Phi) is 5.59. The van der Waals surface area contributed by atoms with Crippen molar-refractivity contribution in [3.05, 3.63) is 65.5 Å². The highest BCUT2D eigenvalue weighted by molar-refractivity contribution is 5.93. The standard InChI is InChI=1S/C20H25N3O/c1-2-17-9-6-12-21-19(17)20(24)22-18-10-13-23(14-11-18)15-16-7-4-3-5-8-16/h3-9,12,18H,2,10-11,13-15H2,1H3,(H,22,24). The molecule has 126 valence electrons. The largest absolute Gasteiger partial charge is 0.348 e. The molecule has 1 amide bonds. The average molecular weight is 323 g/mol. The fourth-order valence-electron chi connectivity index (χ4n) is 3.26. The Balaban J connectivity index is 1.51. The molecule has 1 aliphatic rings. The summed E-state index contributed by atoms with van der Waals surface area (Å²) in [6.45, 7) is 5.07. The SMILES string of the molecule is CCc1cccnc1C(=O)NC1CCN(Cc2ccccc2)CC1. The molecule has 0 bridgehead atoms.